The number of hydrogen-bond acceptors (Lipinski definition) is 3. The molecule has 0 bridgehead atoms. The number of ether oxygens (including phenoxy) is 1. The van der Waals surface area contributed by atoms with Gasteiger partial charge in [0.25, 0.3) is 0 Å². The van der Waals surface area contributed by atoms with E-state index >= 15 is 0 Å². The third kappa shape index (κ3) is 3.31. The zero-order chi connectivity index (χ0) is 15.6. The summed E-state index contributed by atoms with van der Waals surface area (Å²) < 4.78 is 31.1. The molecular weight excluding hydrogens is 278 g/mol. The Labute approximate surface area is 120 Å². The predicted octanol–water partition coefficient (Wildman–Crippen LogP) is 3.58. The lowest BCUT2D eigenvalue weighted by molar-refractivity contribution is 0.0396. The summed E-state index contributed by atoms with van der Waals surface area (Å²) in [5, 5.41) is 0. The van der Waals surface area contributed by atoms with Gasteiger partial charge in [-0.15, -0.1) is 0 Å². The zero-order valence-electron chi connectivity index (χ0n) is 11.4. The maximum absolute atomic E-state index is 13.4. The maximum Gasteiger partial charge on any atom is 0.346 e. The zero-order valence-corrected chi connectivity index (χ0v) is 11.4. The van der Waals surface area contributed by atoms with E-state index < -0.39 is 23.6 Å². The minimum atomic E-state index is -0.984. The van der Waals surface area contributed by atoms with Crippen LogP contribution in [0.5, 0.6) is 0 Å². The molecule has 0 radical (unpaired) electrons. The van der Waals surface area contributed by atoms with Crippen LogP contribution in [0.15, 0.2) is 36.4 Å². The molecule has 5 heteroatoms. The quantitative estimate of drug-likeness (QED) is 0.627. The van der Waals surface area contributed by atoms with Crippen LogP contribution in [0.4, 0.5) is 8.78 Å². The Hall–Kier alpha value is -2.56. The second-order valence-corrected chi connectivity index (χ2v) is 4.60. The number of benzene rings is 2. The molecule has 3 nitrogen and oxygen atoms in total. The van der Waals surface area contributed by atoms with Crippen LogP contribution < -0.4 is 0 Å². The molecule has 0 saturated carbocycles. The van der Waals surface area contributed by atoms with Crippen molar-refractivity contribution in [3.63, 3.8) is 0 Å². The van der Waals surface area contributed by atoms with Gasteiger partial charge in [0.1, 0.15) is 11.6 Å². The molecule has 0 unspecified atom stereocenters. The lowest BCUT2D eigenvalue weighted by Crippen LogP contribution is -2.14. The van der Waals surface area contributed by atoms with Crippen molar-refractivity contribution in [1.82, 2.24) is 0 Å². The van der Waals surface area contributed by atoms with Crippen molar-refractivity contribution in [3.8, 4) is 0 Å². The normalized spacial score (nSPS) is 10.3. The molecule has 2 rings (SSSR count). The van der Waals surface area contributed by atoms with E-state index in [0.717, 1.165) is 12.1 Å². The second kappa shape index (κ2) is 5.83. The second-order valence-electron chi connectivity index (χ2n) is 4.60. The van der Waals surface area contributed by atoms with Crippen LogP contribution in [-0.4, -0.2) is 11.9 Å². The van der Waals surface area contributed by atoms with Crippen LogP contribution in [0, 0.1) is 25.5 Å². The number of halogens is 2. The molecule has 0 saturated heterocycles. The predicted molar refractivity (Wildman–Crippen MR) is 72.0 cm³/mol. The molecule has 0 N–H and O–H groups in total. The van der Waals surface area contributed by atoms with Gasteiger partial charge >= 0.3 is 11.9 Å². The largest absolute Gasteiger partial charge is 0.386 e. The number of rotatable bonds is 2. The molecule has 0 heterocycles. The van der Waals surface area contributed by atoms with E-state index in [4.69, 9.17) is 0 Å². The molecule has 0 amide bonds. The summed E-state index contributed by atoms with van der Waals surface area (Å²) in [5.74, 6) is -3.14. The Balaban J connectivity index is 2.20. The van der Waals surface area contributed by atoms with Crippen LogP contribution in [0.3, 0.4) is 0 Å². The Morgan fingerprint density at radius 1 is 0.905 bits per heavy atom. The van der Waals surface area contributed by atoms with Crippen molar-refractivity contribution in [2.24, 2.45) is 0 Å². The molecule has 108 valence electrons. The average molecular weight is 290 g/mol. The number of carbonyl (C=O) groups is 2. The van der Waals surface area contributed by atoms with Gasteiger partial charge in [0, 0.05) is 0 Å². The SMILES string of the molecule is Cc1ccc(C(=O)OC(=O)c2cc(F)ccc2C)cc1F. The molecule has 0 spiro atoms. The Kier molecular flexibility index (Phi) is 4.12. The Bertz CT molecular complexity index is 723. The molecule has 0 aliphatic carbocycles. The summed E-state index contributed by atoms with van der Waals surface area (Å²) in [6.45, 7) is 3.14. The highest BCUT2D eigenvalue weighted by atomic mass is 19.1. The Morgan fingerprint density at radius 2 is 1.57 bits per heavy atom. The van der Waals surface area contributed by atoms with E-state index in [-0.39, 0.29) is 11.1 Å². The van der Waals surface area contributed by atoms with E-state index in [9.17, 15) is 18.4 Å². The van der Waals surface area contributed by atoms with E-state index in [0.29, 0.717) is 11.1 Å². The van der Waals surface area contributed by atoms with E-state index in [1.165, 1.54) is 24.3 Å². The molecule has 0 aromatic heterocycles. The third-order valence-corrected chi connectivity index (χ3v) is 3.01. The first-order valence-corrected chi connectivity index (χ1v) is 6.17. The summed E-state index contributed by atoms with van der Waals surface area (Å²) in [5.41, 5.74) is 0.722. The fourth-order valence-corrected chi connectivity index (χ4v) is 1.73. The fraction of sp³-hybridized carbons (Fsp3) is 0.125. The first-order chi connectivity index (χ1) is 9.88. The number of aryl methyl sites for hydroxylation is 2. The maximum atomic E-state index is 13.4. The highest BCUT2D eigenvalue weighted by Gasteiger charge is 2.18. The van der Waals surface area contributed by atoms with Gasteiger partial charge in [-0.2, -0.15) is 0 Å². The number of carbonyl (C=O) groups excluding carboxylic acids is 2. The summed E-state index contributed by atoms with van der Waals surface area (Å²) in [6.07, 6.45) is 0. The highest BCUT2D eigenvalue weighted by molar-refractivity contribution is 6.03. The van der Waals surface area contributed by atoms with Gasteiger partial charge in [0.15, 0.2) is 0 Å². The lowest BCUT2D eigenvalue weighted by atomic mass is 10.1. The van der Waals surface area contributed by atoms with Crippen LogP contribution in [0.2, 0.25) is 0 Å². The smallest absolute Gasteiger partial charge is 0.346 e. The average Bonchev–Trinajstić information content (AvgIpc) is 2.44. The van der Waals surface area contributed by atoms with Gasteiger partial charge in [-0.25, -0.2) is 18.4 Å². The van der Waals surface area contributed by atoms with Crippen molar-refractivity contribution in [2.45, 2.75) is 13.8 Å². The van der Waals surface area contributed by atoms with Crippen molar-refractivity contribution in [3.05, 3.63) is 70.3 Å². The van der Waals surface area contributed by atoms with Crippen molar-refractivity contribution < 1.29 is 23.1 Å². The first kappa shape index (κ1) is 14.8. The molecule has 0 fully saturated rings. The fourth-order valence-electron chi connectivity index (χ4n) is 1.73. The molecule has 2 aromatic rings. The monoisotopic (exact) mass is 290 g/mol. The van der Waals surface area contributed by atoms with Crippen LogP contribution in [0.25, 0.3) is 0 Å². The van der Waals surface area contributed by atoms with Crippen molar-refractivity contribution in [2.75, 3.05) is 0 Å². The highest BCUT2D eigenvalue weighted by Crippen LogP contribution is 2.14. The summed E-state index contributed by atoms with van der Waals surface area (Å²) in [6, 6.07) is 7.34. The molecule has 0 aliphatic heterocycles. The van der Waals surface area contributed by atoms with E-state index in [1.807, 2.05) is 0 Å². The summed E-state index contributed by atoms with van der Waals surface area (Å²) >= 11 is 0. The molecule has 0 atom stereocenters. The van der Waals surface area contributed by atoms with Gasteiger partial charge in [-0.05, 0) is 49.2 Å². The van der Waals surface area contributed by atoms with Gasteiger partial charge in [-0.3, -0.25) is 0 Å². The minimum Gasteiger partial charge on any atom is -0.386 e. The van der Waals surface area contributed by atoms with Gasteiger partial charge < -0.3 is 4.74 Å². The first-order valence-electron chi connectivity index (χ1n) is 6.17. The topological polar surface area (TPSA) is 43.4 Å². The Morgan fingerprint density at radius 3 is 2.24 bits per heavy atom. The molecule has 2 aromatic carbocycles. The molecular formula is C16H12F2O3. The summed E-state index contributed by atoms with van der Waals surface area (Å²) in [7, 11) is 0. The standard InChI is InChI=1S/C16H12F2O3/c1-9-4-6-12(17)8-13(9)16(20)21-15(19)11-5-3-10(2)14(18)7-11/h3-8H,1-2H3. The van der Waals surface area contributed by atoms with E-state index in [2.05, 4.69) is 4.74 Å². The number of esters is 2. The van der Waals surface area contributed by atoms with Crippen molar-refractivity contribution in [1.29, 1.82) is 0 Å². The third-order valence-electron chi connectivity index (χ3n) is 3.01. The van der Waals surface area contributed by atoms with Crippen molar-refractivity contribution >= 4 is 11.9 Å². The van der Waals surface area contributed by atoms with Gasteiger partial charge in [-0.1, -0.05) is 12.1 Å². The number of hydrogen-bond donors (Lipinski definition) is 0. The minimum absolute atomic E-state index is 0.0454. The van der Waals surface area contributed by atoms with Crippen LogP contribution >= 0.6 is 0 Å². The van der Waals surface area contributed by atoms with Crippen LogP contribution in [-0.2, 0) is 4.74 Å². The molecule has 21 heavy (non-hydrogen) atoms. The van der Waals surface area contributed by atoms with Crippen LogP contribution in [0.1, 0.15) is 31.8 Å². The lowest BCUT2D eigenvalue weighted by Gasteiger charge is -2.06. The molecule has 0 aliphatic rings. The van der Waals surface area contributed by atoms with Gasteiger partial charge in [0.05, 0.1) is 11.1 Å². The van der Waals surface area contributed by atoms with E-state index in [1.54, 1.807) is 13.8 Å². The summed E-state index contributed by atoms with van der Waals surface area (Å²) in [4.78, 5) is 23.6. The van der Waals surface area contributed by atoms with Gasteiger partial charge in [0.2, 0.25) is 0 Å².